The molecule has 0 saturated carbocycles. The fourth-order valence-electron chi connectivity index (χ4n) is 1.23. The van der Waals surface area contributed by atoms with Gasteiger partial charge in [0.1, 0.15) is 0 Å². The summed E-state index contributed by atoms with van der Waals surface area (Å²) in [6, 6.07) is 3.74. The SMILES string of the molecule is [CH2]CC(=O)N(C)c1nnc(-c2cccnc2)s1. The Balaban J connectivity index is 2.25. The Kier molecular flexibility index (Phi) is 3.43. The first kappa shape index (κ1) is 11.7. The monoisotopic (exact) mass is 247 g/mol. The summed E-state index contributed by atoms with van der Waals surface area (Å²) in [5, 5.41) is 9.33. The van der Waals surface area contributed by atoms with E-state index in [9.17, 15) is 4.79 Å². The maximum absolute atomic E-state index is 11.4. The van der Waals surface area contributed by atoms with E-state index in [0.29, 0.717) is 5.13 Å². The first-order chi connectivity index (χ1) is 8.22. The second-order valence-electron chi connectivity index (χ2n) is 3.33. The highest BCUT2D eigenvalue weighted by molar-refractivity contribution is 7.18. The van der Waals surface area contributed by atoms with E-state index in [0.717, 1.165) is 10.6 Å². The zero-order valence-corrected chi connectivity index (χ0v) is 10.1. The molecule has 87 valence electrons. The number of aromatic nitrogens is 3. The lowest BCUT2D eigenvalue weighted by Gasteiger charge is -2.10. The summed E-state index contributed by atoms with van der Waals surface area (Å²) < 4.78 is 0. The van der Waals surface area contributed by atoms with Gasteiger partial charge in [0.15, 0.2) is 5.01 Å². The highest BCUT2D eigenvalue weighted by Crippen LogP contribution is 2.27. The van der Waals surface area contributed by atoms with Crippen molar-refractivity contribution in [2.45, 2.75) is 6.42 Å². The van der Waals surface area contributed by atoms with Crippen LogP contribution in [0.2, 0.25) is 0 Å². The Bertz CT molecular complexity index is 511. The van der Waals surface area contributed by atoms with Gasteiger partial charge in [0.2, 0.25) is 11.0 Å². The quantitative estimate of drug-likeness (QED) is 0.829. The predicted octanol–water partition coefficient (Wildman–Crippen LogP) is 1.79. The minimum atomic E-state index is -0.0844. The second kappa shape index (κ2) is 5.01. The molecule has 0 fully saturated rings. The molecule has 0 bridgehead atoms. The number of pyridine rings is 1. The van der Waals surface area contributed by atoms with Crippen LogP contribution >= 0.6 is 11.3 Å². The van der Waals surface area contributed by atoms with Gasteiger partial charge in [-0.3, -0.25) is 14.7 Å². The van der Waals surface area contributed by atoms with Crippen LogP contribution in [0.5, 0.6) is 0 Å². The van der Waals surface area contributed by atoms with E-state index < -0.39 is 0 Å². The molecule has 0 spiro atoms. The van der Waals surface area contributed by atoms with Crippen LogP contribution in [0.25, 0.3) is 10.6 Å². The lowest BCUT2D eigenvalue weighted by Crippen LogP contribution is -2.24. The van der Waals surface area contributed by atoms with Crippen molar-refractivity contribution in [3.63, 3.8) is 0 Å². The van der Waals surface area contributed by atoms with Crippen molar-refractivity contribution in [1.29, 1.82) is 0 Å². The molecule has 6 heteroatoms. The highest BCUT2D eigenvalue weighted by Gasteiger charge is 2.14. The smallest absolute Gasteiger partial charge is 0.228 e. The number of amides is 1. The van der Waals surface area contributed by atoms with E-state index >= 15 is 0 Å². The largest absolute Gasteiger partial charge is 0.290 e. The molecule has 0 unspecified atom stereocenters. The fraction of sp³-hybridized carbons (Fsp3) is 0.182. The average molecular weight is 247 g/mol. The Hall–Kier alpha value is -1.82. The minimum Gasteiger partial charge on any atom is -0.290 e. The molecule has 5 nitrogen and oxygen atoms in total. The van der Waals surface area contributed by atoms with E-state index in [-0.39, 0.29) is 12.3 Å². The minimum absolute atomic E-state index is 0.0844. The maximum Gasteiger partial charge on any atom is 0.228 e. The first-order valence-corrected chi connectivity index (χ1v) is 5.83. The summed E-state index contributed by atoms with van der Waals surface area (Å²) in [7, 11) is 1.67. The lowest BCUT2D eigenvalue weighted by atomic mass is 10.3. The van der Waals surface area contributed by atoms with Gasteiger partial charge in [0.25, 0.3) is 0 Å². The molecule has 2 aromatic heterocycles. The number of hydrogen-bond acceptors (Lipinski definition) is 5. The topological polar surface area (TPSA) is 59.0 Å². The van der Waals surface area contributed by atoms with Crippen molar-refractivity contribution in [3.8, 4) is 10.6 Å². The Morgan fingerprint density at radius 2 is 2.35 bits per heavy atom. The van der Waals surface area contributed by atoms with Crippen LogP contribution in [0.15, 0.2) is 24.5 Å². The molecule has 0 N–H and O–H groups in total. The predicted molar refractivity (Wildman–Crippen MR) is 66.5 cm³/mol. The molecule has 2 rings (SSSR count). The van der Waals surface area contributed by atoms with Crippen molar-refractivity contribution in [1.82, 2.24) is 15.2 Å². The van der Waals surface area contributed by atoms with Crippen molar-refractivity contribution in [3.05, 3.63) is 31.5 Å². The van der Waals surface area contributed by atoms with Gasteiger partial charge < -0.3 is 0 Å². The van der Waals surface area contributed by atoms with Crippen LogP contribution in [-0.2, 0) is 4.79 Å². The molecular formula is C11H11N4OS. The molecule has 0 atom stereocenters. The third kappa shape index (κ3) is 2.47. The molecule has 17 heavy (non-hydrogen) atoms. The summed E-state index contributed by atoms with van der Waals surface area (Å²) in [6.45, 7) is 3.55. The van der Waals surface area contributed by atoms with Gasteiger partial charge in [0.05, 0.1) is 0 Å². The zero-order chi connectivity index (χ0) is 12.3. The second-order valence-corrected chi connectivity index (χ2v) is 4.29. The molecule has 2 heterocycles. The van der Waals surface area contributed by atoms with Crippen LogP contribution < -0.4 is 4.90 Å². The van der Waals surface area contributed by atoms with Crippen molar-refractivity contribution in [2.75, 3.05) is 11.9 Å². The van der Waals surface area contributed by atoms with E-state index in [1.54, 1.807) is 19.4 Å². The van der Waals surface area contributed by atoms with Gasteiger partial charge in [-0.2, -0.15) is 0 Å². The van der Waals surface area contributed by atoms with Crippen molar-refractivity contribution in [2.24, 2.45) is 0 Å². The Morgan fingerprint density at radius 1 is 1.53 bits per heavy atom. The fourth-order valence-corrected chi connectivity index (χ4v) is 2.04. The van der Waals surface area contributed by atoms with Gasteiger partial charge in [-0.05, 0) is 19.1 Å². The van der Waals surface area contributed by atoms with E-state index in [1.165, 1.54) is 16.2 Å². The molecule has 1 amide bonds. The van der Waals surface area contributed by atoms with E-state index in [4.69, 9.17) is 0 Å². The molecule has 0 aliphatic rings. The Morgan fingerprint density at radius 3 is 3.00 bits per heavy atom. The summed E-state index contributed by atoms with van der Waals surface area (Å²) in [5.74, 6) is -0.0844. The summed E-state index contributed by atoms with van der Waals surface area (Å²) in [6.07, 6.45) is 3.62. The van der Waals surface area contributed by atoms with Gasteiger partial charge in [-0.25, -0.2) is 0 Å². The number of hydrogen-bond donors (Lipinski definition) is 0. The molecule has 0 aromatic carbocycles. The maximum atomic E-state index is 11.4. The average Bonchev–Trinajstić information content (AvgIpc) is 2.87. The molecule has 0 aliphatic heterocycles. The van der Waals surface area contributed by atoms with E-state index in [2.05, 4.69) is 22.1 Å². The molecule has 2 aromatic rings. The standard InChI is InChI=1S/C11H11N4OS/c1-3-9(16)15(2)11-14-13-10(17-11)8-5-4-6-12-7-8/h4-7H,1,3H2,2H3. The lowest BCUT2D eigenvalue weighted by molar-refractivity contribution is -0.117. The number of rotatable bonds is 3. The normalized spacial score (nSPS) is 10.2. The van der Waals surface area contributed by atoms with E-state index in [1.807, 2.05) is 12.1 Å². The summed E-state index contributed by atoms with van der Waals surface area (Å²) >= 11 is 1.35. The highest BCUT2D eigenvalue weighted by atomic mass is 32.1. The molecule has 0 saturated heterocycles. The van der Waals surface area contributed by atoms with Gasteiger partial charge in [-0.15, -0.1) is 10.2 Å². The van der Waals surface area contributed by atoms with Crippen LogP contribution in [0.3, 0.4) is 0 Å². The third-order valence-corrected chi connectivity index (χ3v) is 3.25. The van der Waals surface area contributed by atoms with Crippen molar-refractivity contribution >= 4 is 22.4 Å². The molecule has 1 radical (unpaired) electrons. The number of nitrogens with zero attached hydrogens (tertiary/aromatic N) is 4. The first-order valence-electron chi connectivity index (χ1n) is 5.02. The number of carbonyl (C=O) groups excluding carboxylic acids is 1. The number of anilines is 1. The van der Waals surface area contributed by atoms with Crippen LogP contribution in [0, 0.1) is 6.92 Å². The summed E-state index contributed by atoms with van der Waals surface area (Å²) in [5.41, 5.74) is 0.895. The van der Waals surface area contributed by atoms with Gasteiger partial charge in [0, 0.05) is 31.4 Å². The molecule has 0 aliphatic carbocycles. The van der Waals surface area contributed by atoms with Crippen LogP contribution in [0.4, 0.5) is 5.13 Å². The zero-order valence-electron chi connectivity index (χ0n) is 9.33. The summed E-state index contributed by atoms with van der Waals surface area (Å²) in [4.78, 5) is 16.9. The van der Waals surface area contributed by atoms with Crippen LogP contribution in [0.1, 0.15) is 6.42 Å². The van der Waals surface area contributed by atoms with Crippen molar-refractivity contribution < 1.29 is 4.79 Å². The molecular weight excluding hydrogens is 236 g/mol. The third-order valence-electron chi connectivity index (χ3n) is 2.20. The number of carbonyl (C=O) groups is 1. The Labute approximate surface area is 103 Å². The van der Waals surface area contributed by atoms with Gasteiger partial charge >= 0.3 is 0 Å². The van der Waals surface area contributed by atoms with Crippen LogP contribution in [-0.4, -0.2) is 28.1 Å². The van der Waals surface area contributed by atoms with Gasteiger partial charge in [-0.1, -0.05) is 11.3 Å².